The molecule has 0 spiro atoms. The molecule has 4 rings (SSSR count). The van der Waals surface area contributed by atoms with Gasteiger partial charge in [0, 0.05) is 25.1 Å². The Kier molecular flexibility index (Phi) is 17.0. The summed E-state index contributed by atoms with van der Waals surface area (Å²) in [5, 5.41) is 9.05. The van der Waals surface area contributed by atoms with Crippen LogP contribution < -0.4 is 21.7 Å². The van der Waals surface area contributed by atoms with Crippen LogP contribution in [0.5, 0.6) is 0 Å². The first kappa shape index (κ1) is 46.7. The molecule has 3 saturated carbocycles. The first-order valence-electron chi connectivity index (χ1n) is 22.8. The molecule has 0 heterocycles. The third-order valence-corrected chi connectivity index (χ3v) is 15.2. The van der Waals surface area contributed by atoms with Gasteiger partial charge in [0.15, 0.2) is 0 Å². The van der Waals surface area contributed by atoms with Crippen molar-refractivity contribution in [1.82, 2.24) is 16.0 Å². The predicted octanol–water partition coefficient (Wildman–Crippen LogP) is 8.63. The van der Waals surface area contributed by atoms with Gasteiger partial charge in [-0.1, -0.05) is 65.5 Å². The maximum atomic E-state index is 13.0. The number of nitrogens with two attached hydrogens (primary N) is 1. The number of primary amides is 1. The van der Waals surface area contributed by atoms with E-state index in [-0.39, 0.29) is 36.3 Å². The first-order chi connectivity index (χ1) is 26.3. The van der Waals surface area contributed by atoms with Crippen LogP contribution in [0.15, 0.2) is 11.6 Å². The van der Waals surface area contributed by atoms with Gasteiger partial charge in [0.25, 0.3) is 0 Å². The fourth-order valence-corrected chi connectivity index (χ4v) is 11.8. The number of amides is 3. The van der Waals surface area contributed by atoms with Gasteiger partial charge in [-0.15, -0.1) is 0 Å². The smallest absolute Gasteiger partial charge is 0.234 e. The average molecular weight is 785 g/mol. The number of fused-ring (bicyclic) bond motifs is 5. The Morgan fingerprint density at radius 2 is 1.66 bits per heavy atom. The highest BCUT2D eigenvalue weighted by atomic mass is 16.5. The van der Waals surface area contributed by atoms with Gasteiger partial charge in [-0.3, -0.25) is 14.4 Å². The van der Waals surface area contributed by atoms with E-state index in [4.69, 9.17) is 15.2 Å². The number of allylic oxidation sites excluding steroid dienone is 1. The number of carbonyl (C=O) groups is 3. The van der Waals surface area contributed by atoms with Crippen molar-refractivity contribution in [3.05, 3.63) is 11.6 Å². The average Bonchev–Trinajstić information content (AvgIpc) is 3.46. The third kappa shape index (κ3) is 12.5. The van der Waals surface area contributed by atoms with Crippen LogP contribution in [-0.4, -0.2) is 67.8 Å². The van der Waals surface area contributed by atoms with Crippen LogP contribution in [0.4, 0.5) is 0 Å². The molecule has 322 valence electrons. The highest BCUT2D eigenvalue weighted by Crippen LogP contribution is 2.67. The number of likely N-dealkylation sites (N-methyl/N-ethyl adjacent to an activating group) is 1. The molecule has 0 saturated heterocycles. The van der Waals surface area contributed by atoms with Gasteiger partial charge in [0.2, 0.25) is 17.7 Å². The molecule has 9 heteroatoms. The maximum Gasteiger partial charge on any atom is 0.234 e. The molecule has 9 nitrogen and oxygen atoms in total. The molecule has 0 bridgehead atoms. The summed E-state index contributed by atoms with van der Waals surface area (Å²) < 4.78 is 12.5. The normalized spacial score (nSPS) is 30.1. The predicted molar refractivity (Wildman–Crippen MR) is 228 cm³/mol. The molecule has 0 unspecified atom stereocenters. The molecule has 4 aliphatic rings. The van der Waals surface area contributed by atoms with Crippen LogP contribution in [0.3, 0.4) is 0 Å². The molecule has 9 atom stereocenters. The number of carbonyl (C=O) groups excluding carboxylic acids is 3. The molecule has 0 aliphatic heterocycles. The summed E-state index contributed by atoms with van der Waals surface area (Å²) in [5.74, 6) is 4.66. The van der Waals surface area contributed by atoms with E-state index in [2.05, 4.69) is 56.6 Å². The summed E-state index contributed by atoms with van der Waals surface area (Å²) in [4.78, 5) is 36.9. The molecule has 3 fully saturated rings. The summed E-state index contributed by atoms with van der Waals surface area (Å²) in [6.45, 7) is 21.9. The number of hydrogen-bond acceptors (Lipinski definition) is 6. The SMILES string of the molecule is CN[C@@H](CCCCNC(=O)CC(C)(C)OCCC(C)(C)NC(=O)CCO[C@H]1CC[C@@]2(C)C(=CC[C@H]3[C@@H]4CC[C@H]([C@H](C)CCCC(C)C)[C@@]4(C)CC[C@@H]32)C1)C(N)=O. The highest BCUT2D eigenvalue weighted by molar-refractivity contribution is 5.79. The third-order valence-electron chi connectivity index (χ3n) is 15.2. The lowest BCUT2D eigenvalue weighted by Gasteiger charge is -2.58. The van der Waals surface area contributed by atoms with Crippen LogP contribution in [0.1, 0.15) is 171 Å². The molecule has 0 radical (unpaired) electrons. The van der Waals surface area contributed by atoms with Crippen molar-refractivity contribution in [2.24, 2.45) is 52.1 Å². The van der Waals surface area contributed by atoms with Crippen molar-refractivity contribution in [2.75, 3.05) is 26.8 Å². The molecule has 5 N–H and O–H groups in total. The van der Waals surface area contributed by atoms with E-state index in [0.29, 0.717) is 49.9 Å². The van der Waals surface area contributed by atoms with Crippen LogP contribution in [0, 0.1) is 46.3 Å². The molecule has 0 aromatic rings. The van der Waals surface area contributed by atoms with Gasteiger partial charge in [-0.05, 0) is 158 Å². The zero-order chi connectivity index (χ0) is 41.3. The van der Waals surface area contributed by atoms with Crippen molar-refractivity contribution in [1.29, 1.82) is 0 Å². The minimum absolute atomic E-state index is 0.000222. The van der Waals surface area contributed by atoms with E-state index in [9.17, 15) is 14.4 Å². The minimum Gasteiger partial charge on any atom is -0.377 e. The molecule has 0 aromatic heterocycles. The molecule has 56 heavy (non-hydrogen) atoms. The van der Waals surface area contributed by atoms with E-state index in [1.54, 1.807) is 12.6 Å². The van der Waals surface area contributed by atoms with Crippen molar-refractivity contribution in [3.8, 4) is 0 Å². The number of ether oxygens (including phenoxy) is 2. The summed E-state index contributed by atoms with van der Waals surface area (Å²) >= 11 is 0. The van der Waals surface area contributed by atoms with Gasteiger partial charge in [0.05, 0.1) is 30.8 Å². The quantitative estimate of drug-likeness (QED) is 0.0606. The molecule has 4 aliphatic carbocycles. The Hall–Kier alpha value is -1.97. The van der Waals surface area contributed by atoms with Crippen molar-refractivity contribution >= 4 is 17.7 Å². The molecule has 0 aromatic carbocycles. The van der Waals surface area contributed by atoms with Gasteiger partial charge >= 0.3 is 0 Å². The fourth-order valence-electron chi connectivity index (χ4n) is 11.8. The van der Waals surface area contributed by atoms with Gasteiger partial charge in [-0.2, -0.15) is 0 Å². The van der Waals surface area contributed by atoms with E-state index >= 15 is 0 Å². The fraction of sp³-hybridized carbons (Fsp3) is 0.894. The van der Waals surface area contributed by atoms with E-state index in [0.717, 1.165) is 61.2 Å². The second-order valence-electron chi connectivity index (χ2n) is 20.8. The van der Waals surface area contributed by atoms with Crippen molar-refractivity contribution in [2.45, 2.75) is 195 Å². The number of hydrogen-bond donors (Lipinski definition) is 4. The summed E-state index contributed by atoms with van der Waals surface area (Å²) in [6.07, 6.45) is 20.7. The van der Waals surface area contributed by atoms with E-state index < -0.39 is 11.1 Å². The lowest BCUT2D eigenvalue weighted by atomic mass is 9.47. The number of nitrogens with one attached hydrogen (secondary N) is 3. The highest BCUT2D eigenvalue weighted by Gasteiger charge is 2.59. The van der Waals surface area contributed by atoms with Gasteiger partial charge in [0.1, 0.15) is 0 Å². The Morgan fingerprint density at radius 1 is 0.911 bits per heavy atom. The molecular weight excluding hydrogens is 701 g/mol. The zero-order valence-corrected chi connectivity index (χ0v) is 37.5. The Balaban J connectivity index is 1.14. The standard InChI is InChI=1S/C47H84N4O5/c1-32(2)14-13-15-33(3)37-19-20-38-36-18-17-34-30-35(21-24-46(34,8)39(36)22-25-47(37,38)9)55-28-23-41(52)51-44(4,5)26-29-56-45(6,7)31-42(53)50-27-12-11-16-40(49-10)43(48)54/h17,32-33,35-40,49H,11-16,18-31H2,1-10H3,(H2,48,54)(H,50,53)(H,51,52)/t33-,35+,36+,37-,38+,39+,40+,46+,47-/m1/s1. The second kappa shape index (κ2) is 20.3. The van der Waals surface area contributed by atoms with Crippen molar-refractivity contribution in [3.63, 3.8) is 0 Å². The Bertz CT molecular complexity index is 1330. The summed E-state index contributed by atoms with van der Waals surface area (Å²) in [7, 11) is 1.72. The first-order valence-corrected chi connectivity index (χ1v) is 22.8. The van der Waals surface area contributed by atoms with E-state index in [1.807, 2.05) is 27.7 Å². The van der Waals surface area contributed by atoms with E-state index in [1.165, 1.54) is 57.8 Å². The monoisotopic (exact) mass is 785 g/mol. The lowest BCUT2D eigenvalue weighted by Crippen LogP contribution is -2.51. The maximum absolute atomic E-state index is 13.0. The lowest BCUT2D eigenvalue weighted by molar-refractivity contribution is -0.128. The molecule has 3 amide bonds. The van der Waals surface area contributed by atoms with Crippen LogP contribution in [0.25, 0.3) is 0 Å². The Morgan fingerprint density at radius 3 is 2.36 bits per heavy atom. The second-order valence-corrected chi connectivity index (χ2v) is 20.8. The Labute approximate surface area is 342 Å². The van der Waals surface area contributed by atoms with Crippen LogP contribution in [-0.2, 0) is 23.9 Å². The zero-order valence-electron chi connectivity index (χ0n) is 37.5. The molecular formula is C47H84N4O5. The van der Waals surface area contributed by atoms with Gasteiger partial charge in [-0.25, -0.2) is 0 Å². The van der Waals surface area contributed by atoms with Crippen LogP contribution in [0.2, 0.25) is 0 Å². The summed E-state index contributed by atoms with van der Waals surface area (Å²) in [5.41, 5.74) is 6.76. The number of unbranched alkanes of at least 4 members (excludes halogenated alkanes) is 1. The largest absolute Gasteiger partial charge is 0.377 e. The van der Waals surface area contributed by atoms with Crippen molar-refractivity contribution < 1.29 is 23.9 Å². The topological polar surface area (TPSA) is 132 Å². The summed E-state index contributed by atoms with van der Waals surface area (Å²) in [6, 6.07) is -0.339. The van der Waals surface area contributed by atoms with Gasteiger partial charge < -0.3 is 31.2 Å². The minimum atomic E-state index is -0.631. The van der Waals surface area contributed by atoms with Crippen LogP contribution >= 0.6 is 0 Å². The number of rotatable bonds is 23.